The van der Waals surface area contributed by atoms with E-state index < -0.39 is 6.10 Å². The van der Waals surface area contributed by atoms with Crippen LogP contribution >= 0.6 is 0 Å². The van der Waals surface area contributed by atoms with Gasteiger partial charge < -0.3 is 5.11 Å². The van der Waals surface area contributed by atoms with Crippen LogP contribution in [0, 0.1) is 6.92 Å². The third kappa shape index (κ3) is 3.14. The van der Waals surface area contributed by atoms with Gasteiger partial charge >= 0.3 is 0 Å². The fraction of sp³-hybridized carbons (Fsp3) is 0.400. The zero-order valence-corrected chi connectivity index (χ0v) is 8.07. The normalized spacial score (nSPS) is 13.3. The van der Waals surface area contributed by atoms with Gasteiger partial charge in [0.2, 0.25) is 0 Å². The van der Waals surface area contributed by atoms with Crippen molar-refractivity contribution in [1.29, 1.82) is 0 Å². The molecule has 0 aliphatic rings. The Morgan fingerprint density at radius 2 is 2.23 bits per heavy atom. The van der Waals surface area contributed by atoms with Crippen LogP contribution in [0.15, 0.2) is 24.3 Å². The summed E-state index contributed by atoms with van der Waals surface area (Å²) in [5.74, 6) is 5.44. The van der Waals surface area contributed by atoms with Crippen molar-refractivity contribution in [2.45, 2.75) is 13.0 Å². The van der Waals surface area contributed by atoms with Crippen molar-refractivity contribution in [2.24, 2.45) is 5.84 Å². The first-order valence-electron chi connectivity index (χ1n) is 4.30. The van der Waals surface area contributed by atoms with E-state index in [1.807, 2.05) is 31.2 Å². The van der Waals surface area contributed by atoms with Gasteiger partial charge in [-0.15, -0.1) is 0 Å². The largest absolute Gasteiger partial charge is 0.387 e. The summed E-state index contributed by atoms with van der Waals surface area (Å²) in [6, 6.07) is 7.81. The predicted octanol–water partition coefficient (Wildman–Crippen LogP) is 0.834. The number of aryl methyl sites for hydroxylation is 1. The second-order valence-electron chi connectivity index (χ2n) is 3.37. The average molecular weight is 180 g/mol. The summed E-state index contributed by atoms with van der Waals surface area (Å²) < 4.78 is 0. The molecule has 1 rings (SSSR count). The number of benzene rings is 1. The topological polar surface area (TPSA) is 49.5 Å². The highest BCUT2D eigenvalue weighted by Gasteiger charge is 2.07. The lowest BCUT2D eigenvalue weighted by molar-refractivity contribution is 0.127. The van der Waals surface area contributed by atoms with E-state index in [0.29, 0.717) is 6.54 Å². The molecule has 0 fully saturated rings. The monoisotopic (exact) mass is 180 g/mol. The first kappa shape index (κ1) is 10.2. The Balaban J connectivity index is 2.71. The third-order valence-electron chi connectivity index (χ3n) is 1.89. The molecule has 3 heteroatoms. The van der Waals surface area contributed by atoms with Gasteiger partial charge in [0.05, 0.1) is 6.10 Å². The van der Waals surface area contributed by atoms with E-state index in [4.69, 9.17) is 5.84 Å². The number of aliphatic hydroxyl groups is 1. The summed E-state index contributed by atoms with van der Waals surface area (Å²) >= 11 is 0. The number of hydrogen-bond donors (Lipinski definition) is 2. The van der Waals surface area contributed by atoms with Crippen LogP contribution in [0.3, 0.4) is 0 Å². The Morgan fingerprint density at radius 3 is 2.77 bits per heavy atom. The minimum atomic E-state index is -0.505. The number of nitrogens with two attached hydrogens (primary N) is 1. The third-order valence-corrected chi connectivity index (χ3v) is 1.89. The molecule has 0 aromatic heterocycles. The molecule has 0 saturated carbocycles. The quantitative estimate of drug-likeness (QED) is 0.535. The summed E-state index contributed by atoms with van der Waals surface area (Å²) in [6.45, 7) is 2.45. The summed E-state index contributed by atoms with van der Waals surface area (Å²) in [5, 5.41) is 11.2. The van der Waals surface area contributed by atoms with Crippen LogP contribution in [0.5, 0.6) is 0 Å². The molecule has 0 aliphatic carbocycles. The highest BCUT2D eigenvalue weighted by molar-refractivity contribution is 5.24. The van der Waals surface area contributed by atoms with E-state index in [1.165, 1.54) is 5.01 Å². The molecule has 1 unspecified atom stereocenters. The molecule has 1 aromatic rings. The number of rotatable bonds is 3. The van der Waals surface area contributed by atoms with Gasteiger partial charge in [0, 0.05) is 13.6 Å². The van der Waals surface area contributed by atoms with E-state index in [0.717, 1.165) is 11.1 Å². The average Bonchev–Trinajstić information content (AvgIpc) is 2.03. The zero-order chi connectivity index (χ0) is 9.84. The zero-order valence-electron chi connectivity index (χ0n) is 8.07. The number of hydrogen-bond acceptors (Lipinski definition) is 3. The first-order valence-corrected chi connectivity index (χ1v) is 4.30. The van der Waals surface area contributed by atoms with Crippen molar-refractivity contribution in [3.63, 3.8) is 0 Å². The molecule has 13 heavy (non-hydrogen) atoms. The Bertz CT molecular complexity index is 273. The standard InChI is InChI=1S/C10H16N2O/c1-8-4-3-5-9(6-8)10(13)7-12(2)11/h3-6,10,13H,7,11H2,1-2H3. The maximum Gasteiger partial charge on any atom is 0.0930 e. The molecule has 0 amide bonds. The van der Waals surface area contributed by atoms with Gasteiger partial charge in [0.1, 0.15) is 0 Å². The van der Waals surface area contributed by atoms with Gasteiger partial charge in [-0.05, 0) is 12.5 Å². The number of hydrazine groups is 1. The number of nitrogens with zero attached hydrogens (tertiary/aromatic N) is 1. The molecule has 0 bridgehead atoms. The molecule has 0 aliphatic heterocycles. The first-order chi connectivity index (χ1) is 6.09. The van der Waals surface area contributed by atoms with Gasteiger partial charge in [-0.2, -0.15) is 0 Å². The molecule has 0 heterocycles. The molecule has 1 aromatic carbocycles. The Kier molecular flexibility index (Phi) is 3.42. The molecular weight excluding hydrogens is 164 g/mol. The maximum atomic E-state index is 9.69. The van der Waals surface area contributed by atoms with Crippen LogP contribution in [0.4, 0.5) is 0 Å². The van der Waals surface area contributed by atoms with Gasteiger partial charge in [-0.25, -0.2) is 5.01 Å². The molecule has 1 atom stereocenters. The number of likely N-dealkylation sites (N-methyl/N-ethyl adjacent to an activating group) is 1. The predicted molar refractivity (Wildman–Crippen MR) is 53.0 cm³/mol. The molecule has 3 nitrogen and oxygen atoms in total. The lowest BCUT2D eigenvalue weighted by atomic mass is 10.1. The summed E-state index contributed by atoms with van der Waals surface area (Å²) in [4.78, 5) is 0. The Morgan fingerprint density at radius 1 is 1.54 bits per heavy atom. The van der Waals surface area contributed by atoms with Crippen LogP contribution < -0.4 is 5.84 Å². The van der Waals surface area contributed by atoms with E-state index >= 15 is 0 Å². The molecular formula is C10H16N2O. The van der Waals surface area contributed by atoms with E-state index in [1.54, 1.807) is 7.05 Å². The molecule has 72 valence electrons. The van der Waals surface area contributed by atoms with Crippen molar-refractivity contribution in [2.75, 3.05) is 13.6 Å². The van der Waals surface area contributed by atoms with Crippen molar-refractivity contribution < 1.29 is 5.11 Å². The lowest BCUT2D eigenvalue weighted by Gasteiger charge is -2.16. The summed E-state index contributed by atoms with van der Waals surface area (Å²) in [6.07, 6.45) is -0.505. The van der Waals surface area contributed by atoms with Crippen LogP contribution in [-0.2, 0) is 0 Å². The molecule has 3 N–H and O–H groups in total. The van der Waals surface area contributed by atoms with Gasteiger partial charge in [0.15, 0.2) is 0 Å². The van der Waals surface area contributed by atoms with Crippen molar-refractivity contribution in [3.05, 3.63) is 35.4 Å². The van der Waals surface area contributed by atoms with Gasteiger partial charge in [-0.1, -0.05) is 29.8 Å². The van der Waals surface area contributed by atoms with Gasteiger partial charge in [0.25, 0.3) is 0 Å². The summed E-state index contributed by atoms with van der Waals surface area (Å²) in [5.41, 5.74) is 2.06. The molecule has 0 radical (unpaired) electrons. The minimum absolute atomic E-state index is 0.448. The molecule has 0 saturated heterocycles. The fourth-order valence-corrected chi connectivity index (χ4v) is 1.26. The SMILES string of the molecule is Cc1cccc(C(O)CN(C)N)c1. The van der Waals surface area contributed by atoms with Gasteiger partial charge in [-0.3, -0.25) is 5.84 Å². The Labute approximate surface area is 78.8 Å². The number of aliphatic hydroxyl groups excluding tert-OH is 1. The second-order valence-corrected chi connectivity index (χ2v) is 3.37. The smallest absolute Gasteiger partial charge is 0.0930 e. The fourth-order valence-electron chi connectivity index (χ4n) is 1.26. The van der Waals surface area contributed by atoms with Crippen LogP contribution in [0.2, 0.25) is 0 Å². The van der Waals surface area contributed by atoms with Crippen molar-refractivity contribution >= 4 is 0 Å². The highest BCUT2D eigenvalue weighted by atomic mass is 16.3. The minimum Gasteiger partial charge on any atom is -0.387 e. The summed E-state index contributed by atoms with van der Waals surface area (Å²) in [7, 11) is 1.74. The van der Waals surface area contributed by atoms with Crippen molar-refractivity contribution in [3.8, 4) is 0 Å². The van der Waals surface area contributed by atoms with E-state index in [-0.39, 0.29) is 0 Å². The van der Waals surface area contributed by atoms with Crippen molar-refractivity contribution in [1.82, 2.24) is 5.01 Å². The highest BCUT2D eigenvalue weighted by Crippen LogP contribution is 2.13. The van der Waals surface area contributed by atoms with Crippen LogP contribution in [-0.4, -0.2) is 23.7 Å². The van der Waals surface area contributed by atoms with E-state index in [9.17, 15) is 5.11 Å². The molecule has 0 spiro atoms. The van der Waals surface area contributed by atoms with Crippen LogP contribution in [0.1, 0.15) is 17.2 Å². The van der Waals surface area contributed by atoms with Crippen LogP contribution in [0.25, 0.3) is 0 Å². The lowest BCUT2D eigenvalue weighted by Crippen LogP contribution is -2.30. The second kappa shape index (κ2) is 4.37. The maximum absolute atomic E-state index is 9.69. The van der Waals surface area contributed by atoms with E-state index in [2.05, 4.69) is 0 Å². The Hall–Kier alpha value is -0.900.